The SMILES string of the molecule is CCOC1(C)CCC2C3CC=C4CC(C)(O)CCC4(C)C3CCC21C. The molecule has 4 aliphatic carbocycles. The Kier molecular flexibility index (Phi) is 4.03. The van der Waals surface area contributed by atoms with Crippen LogP contribution in [0.25, 0.3) is 0 Å². The maximum atomic E-state index is 10.6. The number of hydrogen-bond donors (Lipinski definition) is 1. The molecule has 1 N–H and O–H groups in total. The average molecular weight is 347 g/mol. The summed E-state index contributed by atoms with van der Waals surface area (Å²) in [7, 11) is 0. The molecule has 3 saturated carbocycles. The van der Waals surface area contributed by atoms with E-state index < -0.39 is 5.60 Å². The molecule has 0 spiro atoms. The smallest absolute Gasteiger partial charge is 0.0710 e. The van der Waals surface area contributed by atoms with Gasteiger partial charge in [0.05, 0.1) is 11.2 Å². The number of ether oxygens (including phenoxy) is 1. The summed E-state index contributed by atoms with van der Waals surface area (Å²) in [5.41, 5.74) is 1.82. The van der Waals surface area contributed by atoms with E-state index in [4.69, 9.17) is 4.74 Å². The fourth-order valence-corrected chi connectivity index (χ4v) is 7.59. The van der Waals surface area contributed by atoms with Crippen molar-refractivity contribution >= 4 is 0 Å². The second-order valence-corrected chi connectivity index (χ2v) is 10.6. The molecule has 2 nitrogen and oxygen atoms in total. The maximum Gasteiger partial charge on any atom is 0.0710 e. The summed E-state index contributed by atoms with van der Waals surface area (Å²) in [4.78, 5) is 0. The minimum atomic E-state index is -0.484. The van der Waals surface area contributed by atoms with Crippen LogP contribution in [0.2, 0.25) is 0 Å². The van der Waals surface area contributed by atoms with E-state index in [2.05, 4.69) is 33.8 Å². The maximum absolute atomic E-state index is 10.6. The van der Waals surface area contributed by atoms with Gasteiger partial charge in [-0.05, 0) is 101 Å². The molecule has 0 aliphatic heterocycles. The van der Waals surface area contributed by atoms with Crippen LogP contribution in [0, 0.1) is 28.6 Å². The monoisotopic (exact) mass is 346 g/mol. The normalized spacial score (nSPS) is 55.1. The van der Waals surface area contributed by atoms with Crippen molar-refractivity contribution in [3.63, 3.8) is 0 Å². The fraction of sp³-hybridized carbons (Fsp3) is 0.913. The fourth-order valence-electron chi connectivity index (χ4n) is 7.59. The van der Waals surface area contributed by atoms with E-state index in [0.717, 1.165) is 37.2 Å². The summed E-state index contributed by atoms with van der Waals surface area (Å²) in [5.74, 6) is 2.43. The van der Waals surface area contributed by atoms with E-state index in [-0.39, 0.29) is 5.60 Å². The first-order valence-corrected chi connectivity index (χ1v) is 10.7. The van der Waals surface area contributed by atoms with Crippen LogP contribution in [0.1, 0.15) is 86.0 Å². The van der Waals surface area contributed by atoms with Gasteiger partial charge < -0.3 is 9.84 Å². The Labute approximate surface area is 154 Å². The minimum absolute atomic E-state index is 0.0680. The van der Waals surface area contributed by atoms with Gasteiger partial charge in [0.1, 0.15) is 0 Å². The molecule has 0 saturated heterocycles. The lowest BCUT2D eigenvalue weighted by atomic mass is 9.46. The highest BCUT2D eigenvalue weighted by Gasteiger charge is 2.63. The van der Waals surface area contributed by atoms with Gasteiger partial charge in [0, 0.05) is 6.61 Å². The highest BCUT2D eigenvalue weighted by Crippen LogP contribution is 2.68. The van der Waals surface area contributed by atoms with Crippen LogP contribution >= 0.6 is 0 Å². The Morgan fingerprint density at radius 3 is 2.48 bits per heavy atom. The van der Waals surface area contributed by atoms with Crippen LogP contribution in [0.15, 0.2) is 11.6 Å². The van der Waals surface area contributed by atoms with Crippen LogP contribution in [0.5, 0.6) is 0 Å². The second-order valence-electron chi connectivity index (χ2n) is 10.6. The molecule has 7 atom stereocenters. The number of aliphatic hydroxyl groups is 1. The number of hydrogen-bond acceptors (Lipinski definition) is 2. The van der Waals surface area contributed by atoms with Gasteiger partial charge in [-0.1, -0.05) is 25.5 Å². The molecular weight excluding hydrogens is 308 g/mol. The van der Waals surface area contributed by atoms with Gasteiger partial charge >= 0.3 is 0 Å². The van der Waals surface area contributed by atoms with E-state index in [1.54, 1.807) is 5.57 Å². The Morgan fingerprint density at radius 1 is 1.04 bits per heavy atom. The van der Waals surface area contributed by atoms with Crippen LogP contribution < -0.4 is 0 Å². The third-order valence-corrected chi connectivity index (χ3v) is 9.37. The van der Waals surface area contributed by atoms with Crippen LogP contribution in [-0.4, -0.2) is 22.9 Å². The first-order valence-electron chi connectivity index (χ1n) is 10.7. The molecule has 0 bridgehead atoms. The van der Waals surface area contributed by atoms with Crippen molar-refractivity contribution < 1.29 is 9.84 Å². The van der Waals surface area contributed by atoms with Crippen molar-refractivity contribution in [3.05, 3.63) is 11.6 Å². The van der Waals surface area contributed by atoms with Crippen LogP contribution in [0.3, 0.4) is 0 Å². The molecule has 0 heterocycles. The lowest BCUT2D eigenvalue weighted by Crippen LogP contribution is -2.55. The van der Waals surface area contributed by atoms with E-state index in [1.165, 1.54) is 38.5 Å². The van der Waals surface area contributed by atoms with Crippen molar-refractivity contribution in [1.29, 1.82) is 0 Å². The average Bonchev–Trinajstić information content (AvgIpc) is 2.80. The molecule has 0 aromatic heterocycles. The van der Waals surface area contributed by atoms with Crippen molar-refractivity contribution in [2.45, 2.75) is 97.2 Å². The topological polar surface area (TPSA) is 29.5 Å². The highest BCUT2D eigenvalue weighted by atomic mass is 16.5. The minimum Gasteiger partial charge on any atom is -0.390 e. The molecule has 0 aromatic carbocycles. The highest BCUT2D eigenvalue weighted by molar-refractivity contribution is 5.27. The van der Waals surface area contributed by atoms with Gasteiger partial charge in [0.25, 0.3) is 0 Å². The molecule has 2 heteroatoms. The standard InChI is InChI=1S/C23H38O2/c1-6-25-23(5)12-10-19-17-8-7-16-15-20(2,24)13-14-21(16,3)18(17)9-11-22(19,23)4/h7,17-19,24H,6,8-15H2,1-5H3. The lowest BCUT2D eigenvalue weighted by Gasteiger charge is -2.60. The zero-order chi connectivity index (χ0) is 18.1. The number of allylic oxidation sites excluding steroid dienone is 1. The van der Waals surface area contributed by atoms with E-state index in [9.17, 15) is 5.11 Å². The van der Waals surface area contributed by atoms with Gasteiger partial charge in [-0.25, -0.2) is 0 Å². The Bertz CT molecular complexity index is 579. The lowest BCUT2D eigenvalue weighted by molar-refractivity contribution is -0.146. The van der Waals surface area contributed by atoms with Crippen LogP contribution in [0.4, 0.5) is 0 Å². The van der Waals surface area contributed by atoms with Crippen molar-refractivity contribution in [1.82, 2.24) is 0 Å². The predicted octanol–water partition coefficient (Wildman–Crippen LogP) is 5.50. The predicted molar refractivity (Wildman–Crippen MR) is 102 cm³/mol. The van der Waals surface area contributed by atoms with Gasteiger partial charge in [-0.3, -0.25) is 0 Å². The summed E-state index contributed by atoms with van der Waals surface area (Å²) in [5, 5.41) is 10.6. The Balaban J connectivity index is 1.65. The van der Waals surface area contributed by atoms with Crippen molar-refractivity contribution in [3.8, 4) is 0 Å². The molecule has 25 heavy (non-hydrogen) atoms. The zero-order valence-corrected chi connectivity index (χ0v) is 17.0. The third kappa shape index (κ3) is 2.42. The summed E-state index contributed by atoms with van der Waals surface area (Å²) < 4.78 is 6.35. The number of fused-ring (bicyclic) bond motifs is 5. The summed E-state index contributed by atoms with van der Waals surface area (Å²) in [6.07, 6.45) is 12.0. The van der Waals surface area contributed by atoms with Gasteiger partial charge in [-0.2, -0.15) is 0 Å². The Morgan fingerprint density at radius 2 is 1.76 bits per heavy atom. The van der Waals surface area contributed by atoms with E-state index in [0.29, 0.717) is 10.8 Å². The van der Waals surface area contributed by atoms with Gasteiger partial charge in [0.15, 0.2) is 0 Å². The molecule has 142 valence electrons. The third-order valence-electron chi connectivity index (χ3n) is 9.37. The summed E-state index contributed by atoms with van der Waals surface area (Å²) in [6.45, 7) is 12.5. The summed E-state index contributed by atoms with van der Waals surface area (Å²) in [6, 6.07) is 0. The van der Waals surface area contributed by atoms with Gasteiger partial charge in [-0.15, -0.1) is 0 Å². The van der Waals surface area contributed by atoms with Crippen LogP contribution in [-0.2, 0) is 4.74 Å². The van der Waals surface area contributed by atoms with E-state index >= 15 is 0 Å². The quantitative estimate of drug-likeness (QED) is 0.669. The zero-order valence-electron chi connectivity index (χ0n) is 17.0. The van der Waals surface area contributed by atoms with E-state index in [1.807, 2.05) is 6.92 Å². The first-order chi connectivity index (χ1) is 11.7. The van der Waals surface area contributed by atoms with Crippen molar-refractivity contribution in [2.24, 2.45) is 28.6 Å². The molecule has 4 rings (SSSR count). The molecular formula is C23H38O2. The number of rotatable bonds is 2. The van der Waals surface area contributed by atoms with Crippen molar-refractivity contribution in [2.75, 3.05) is 6.61 Å². The molecule has 0 aromatic rings. The Hall–Kier alpha value is -0.340. The molecule has 3 fully saturated rings. The first kappa shape index (κ1) is 18.0. The largest absolute Gasteiger partial charge is 0.390 e. The van der Waals surface area contributed by atoms with Gasteiger partial charge in [0.2, 0.25) is 0 Å². The molecule has 0 radical (unpaired) electrons. The second kappa shape index (κ2) is 5.58. The summed E-state index contributed by atoms with van der Waals surface area (Å²) >= 11 is 0. The molecule has 0 amide bonds. The molecule has 4 aliphatic rings. The molecule has 7 unspecified atom stereocenters.